The minimum atomic E-state index is -4.52. The molecule has 3 aromatic rings. The van der Waals surface area contributed by atoms with Crippen molar-refractivity contribution in [1.82, 2.24) is 9.78 Å². The van der Waals surface area contributed by atoms with Gasteiger partial charge < -0.3 is 15.1 Å². The highest BCUT2D eigenvalue weighted by Gasteiger charge is 2.47. The van der Waals surface area contributed by atoms with Crippen molar-refractivity contribution in [3.63, 3.8) is 0 Å². The second-order valence-electron chi connectivity index (χ2n) is 7.09. The molecule has 2 aromatic heterocycles. The molecule has 0 saturated carbocycles. The molecule has 2 atom stereocenters. The minimum Gasteiger partial charge on any atom is -0.467 e. The lowest BCUT2D eigenvalue weighted by atomic mass is 10.0. The molecule has 0 unspecified atom stereocenters. The van der Waals surface area contributed by atoms with Crippen LogP contribution in [0.25, 0.3) is 0 Å². The molecular formula is C20H19F3N4O2. The van der Waals surface area contributed by atoms with Crippen LogP contribution in [0.2, 0.25) is 0 Å². The van der Waals surface area contributed by atoms with Gasteiger partial charge in [-0.1, -0.05) is 18.2 Å². The van der Waals surface area contributed by atoms with Crippen LogP contribution in [0, 0.1) is 13.8 Å². The Morgan fingerprint density at radius 3 is 2.59 bits per heavy atom. The zero-order valence-electron chi connectivity index (χ0n) is 15.7. The van der Waals surface area contributed by atoms with Crippen molar-refractivity contribution in [2.45, 2.75) is 38.5 Å². The largest absolute Gasteiger partial charge is 0.467 e. The quantitative estimate of drug-likeness (QED) is 0.644. The van der Waals surface area contributed by atoms with Crippen molar-refractivity contribution in [1.29, 1.82) is 0 Å². The van der Waals surface area contributed by atoms with Crippen LogP contribution in [0.4, 0.5) is 24.7 Å². The molecule has 3 heterocycles. The van der Waals surface area contributed by atoms with Gasteiger partial charge in [0.05, 0.1) is 12.3 Å². The van der Waals surface area contributed by atoms with Gasteiger partial charge in [0.25, 0.3) is 5.91 Å². The van der Waals surface area contributed by atoms with Crippen molar-refractivity contribution in [2.24, 2.45) is 0 Å². The molecule has 1 amide bonds. The molecule has 152 valence electrons. The summed E-state index contributed by atoms with van der Waals surface area (Å²) in [4.78, 5) is 12.7. The molecule has 0 saturated heterocycles. The number of halogens is 3. The average Bonchev–Trinajstić information content (AvgIpc) is 3.32. The van der Waals surface area contributed by atoms with Crippen LogP contribution in [-0.4, -0.2) is 21.9 Å². The number of nitrogens with one attached hydrogen (secondary N) is 2. The fourth-order valence-electron chi connectivity index (χ4n) is 3.55. The molecule has 0 fully saturated rings. The highest BCUT2D eigenvalue weighted by Crippen LogP contribution is 2.43. The molecule has 4 rings (SSSR count). The van der Waals surface area contributed by atoms with Crippen LogP contribution in [0.1, 0.15) is 45.9 Å². The first-order valence-electron chi connectivity index (χ1n) is 9.08. The number of alkyl halides is 3. The monoisotopic (exact) mass is 404 g/mol. The van der Waals surface area contributed by atoms with Gasteiger partial charge in [0.1, 0.15) is 11.6 Å². The predicted octanol–water partition coefficient (Wildman–Crippen LogP) is 5.01. The highest BCUT2D eigenvalue weighted by atomic mass is 19.4. The summed E-state index contributed by atoms with van der Waals surface area (Å²) in [6.07, 6.45) is -3.40. The Morgan fingerprint density at radius 2 is 1.97 bits per heavy atom. The van der Waals surface area contributed by atoms with Gasteiger partial charge in [-0.15, -0.1) is 0 Å². The maximum Gasteiger partial charge on any atom is 0.410 e. The number of anilines is 2. The lowest BCUT2D eigenvalue weighted by molar-refractivity contribution is -0.174. The Labute approximate surface area is 164 Å². The molecule has 9 heteroatoms. The smallest absolute Gasteiger partial charge is 0.410 e. The van der Waals surface area contributed by atoms with Crippen LogP contribution >= 0.6 is 0 Å². The molecule has 2 N–H and O–H groups in total. The van der Waals surface area contributed by atoms with Crippen LogP contribution in [0.3, 0.4) is 0 Å². The zero-order valence-corrected chi connectivity index (χ0v) is 15.7. The van der Waals surface area contributed by atoms with Gasteiger partial charge in [-0.2, -0.15) is 18.3 Å². The molecule has 1 aliphatic rings. The molecule has 0 spiro atoms. The lowest BCUT2D eigenvalue weighted by Gasteiger charge is -2.32. The number of fused-ring (bicyclic) bond motifs is 1. The topological polar surface area (TPSA) is 72.1 Å². The van der Waals surface area contributed by atoms with E-state index in [2.05, 4.69) is 15.7 Å². The van der Waals surface area contributed by atoms with Crippen LogP contribution in [0.15, 0.2) is 47.1 Å². The van der Waals surface area contributed by atoms with Gasteiger partial charge in [0.2, 0.25) is 0 Å². The first-order valence-corrected chi connectivity index (χ1v) is 9.08. The molecule has 29 heavy (non-hydrogen) atoms. The summed E-state index contributed by atoms with van der Waals surface area (Å²) in [6, 6.07) is 7.58. The Balaban J connectivity index is 1.66. The van der Waals surface area contributed by atoms with Crippen LogP contribution < -0.4 is 10.6 Å². The van der Waals surface area contributed by atoms with E-state index < -0.39 is 24.2 Å². The summed E-state index contributed by atoms with van der Waals surface area (Å²) in [6.45, 7) is 3.69. The third-order valence-electron chi connectivity index (χ3n) is 5.03. The normalized spacial score (nSPS) is 18.8. The lowest BCUT2D eigenvalue weighted by Crippen LogP contribution is -2.35. The maximum absolute atomic E-state index is 13.7. The molecule has 1 aromatic carbocycles. The van der Waals surface area contributed by atoms with E-state index >= 15 is 0 Å². The molecule has 6 nitrogen and oxygen atoms in total. The van der Waals surface area contributed by atoms with Crippen LogP contribution in [0.5, 0.6) is 0 Å². The molecular weight excluding hydrogens is 385 g/mol. The Kier molecular flexibility index (Phi) is 4.60. The number of aromatic nitrogens is 2. The van der Waals surface area contributed by atoms with E-state index in [1.807, 2.05) is 32.0 Å². The van der Waals surface area contributed by atoms with Crippen LogP contribution in [-0.2, 0) is 0 Å². The summed E-state index contributed by atoms with van der Waals surface area (Å²) < 4.78 is 47.1. The highest BCUT2D eigenvalue weighted by molar-refractivity contribution is 6.04. The van der Waals surface area contributed by atoms with E-state index in [0.29, 0.717) is 11.4 Å². The molecule has 0 radical (unpaired) electrons. The Bertz CT molecular complexity index is 1020. The van der Waals surface area contributed by atoms with E-state index in [-0.39, 0.29) is 17.9 Å². The second kappa shape index (κ2) is 6.98. The van der Waals surface area contributed by atoms with Gasteiger partial charge in [0.15, 0.2) is 11.7 Å². The Hall–Kier alpha value is -3.23. The van der Waals surface area contributed by atoms with Gasteiger partial charge in [-0.05, 0) is 37.1 Å². The number of benzene rings is 1. The van der Waals surface area contributed by atoms with Gasteiger partial charge in [0, 0.05) is 18.2 Å². The first kappa shape index (κ1) is 19.1. The maximum atomic E-state index is 13.7. The second-order valence-corrected chi connectivity index (χ2v) is 7.09. The average molecular weight is 404 g/mol. The van der Waals surface area contributed by atoms with E-state index in [0.717, 1.165) is 15.8 Å². The van der Waals surface area contributed by atoms with Gasteiger partial charge in [-0.3, -0.25) is 4.79 Å². The zero-order chi connectivity index (χ0) is 20.8. The number of furan rings is 1. The fourth-order valence-corrected chi connectivity index (χ4v) is 3.55. The predicted molar refractivity (Wildman–Crippen MR) is 101 cm³/mol. The van der Waals surface area contributed by atoms with Crippen molar-refractivity contribution in [2.75, 3.05) is 10.6 Å². The summed E-state index contributed by atoms with van der Waals surface area (Å²) in [7, 11) is 0. The third-order valence-corrected chi connectivity index (χ3v) is 5.03. The van der Waals surface area contributed by atoms with E-state index in [4.69, 9.17) is 4.42 Å². The van der Waals surface area contributed by atoms with E-state index in [1.165, 1.54) is 12.3 Å². The number of aryl methyl sites for hydroxylation is 2. The number of hydrogen-bond acceptors (Lipinski definition) is 4. The van der Waals surface area contributed by atoms with Crippen molar-refractivity contribution >= 4 is 17.4 Å². The Morgan fingerprint density at radius 1 is 1.24 bits per heavy atom. The number of rotatable bonds is 3. The standard InChI is InChI=1S/C20H19F3N4O2/c1-11-5-3-6-12(2)18(11)25-19(28)14-10-17-24-13(15-7-4-8-29-15)9-16(20(21,22)23)27(17)26-14/h3-8,10,13,16,24H,9H2,1-2H3,(H,25,28)/t13-,16+/m0/s1. The number of para-hydroxylation sites is 1. The minimum absolute atomic E-state index is 0.0931. The van der Waals surface area contributed by atoms with Gasteiger partial charge >= 0.3 is 6.18 Å². The number of amides is 1. The van der Waals surface area contributed by atoms with E-state index in [9.17, 15) is 18.0 Å². The van der Waals surface area contributed by atoms with Gasteiger partial charge in [-0.25, -0.2) is 4.68 Å². The fraction of sp³-hybridized carbons (Fsp3) is 0.300. The summed E-state index contributed by atoms with van der Waals surface area (Å²) in [5.74, 6) is -0.0542. The van der Waals surface area contributed by atoms with Crippen molar-refractivity contribution < 1.29 is 22.4 Å². The summed E-state index contributed by atoms with van der Waals surface area (Å²) in [5, 5.41) is 9.71. The number of carbonyl (C=O) groups excluding carboxylic acids is 1. The van der Waals surface area contributed by atoms with Crippen molar-refractivity contribution in [3.8, 4) is 0 Å². The van der Waals surface area contributed by atoms with E-state index in [1.54, 1.807) is 12.1 Å². The number of hydrogen-bond donors (Lipinski definition) is 2. The molecule has 0 bridgehead atoms. The summed E-state index contributed by atoms with van der Waals surface area (Å²) >= 11 is 0. The first-order chi connectivity index (χ1) is 13.7. The third kappa shape index (κ3) is 3.59. The molecule has 0 aliphatic carbocycles. The molecule has 1 aliphatic heterocycles. The van der Waals surface area contributed by atoms with Crippen molar-refractivity contribution in [3.05, 3.63) is 65.2 Å². The SMILES string of the molecule is Cc1cccc(C)c1NC(=O)c1cc2n(n1)[C@@H](C(F)(F)F)C[C@@H](c1ccco1)N2. The summed E-state index contributed by atoms with van der Waals surface area (Å²) in [5.41, 5.74) is 2.24. The number of carbonyl (C=O) groups is 1. The number of nitrogens with zero attached hydrogens (tertiary/aromatic N) is 2.